The summed E-state index contributed by atoms with van der Waals surface area (Å²) in [6.45, 7) is 7.22. The second-order valence-electron chi connectivity index (χ2n) is 6.46. The summed E-state index contributed by atoms with van der Waals surface area (Å²) in [5.41, 5.74) is 11.4. The van der Waals surface area contributed by atoms with Crippen molar-refractivity contribution >= 4 is 5.65 Å². The molecular weight excluding hydrogens is 258 g/mol. The van der Waals surface area contributed by atoms with E-state index in [1.807, 2.05) is 22.7 Å². The largest absolute Gasteiger partial charge is 0.326 e. The number of imidazole rings is 1. The summed E-state index contributed by atoms with van der Waals surface area (Å²) in [5.74, 6) is 0. The van der Waals surface area contributed by atoms with Gasteiger partial charge in [-0.25, -0.2) is 4.98 Å². The molecule has 108 valence electrons. The number of aromatic nitrogens is 2. The van der Waals surface area contributed by atoms with Crippen LogP contribution in [0.15, 0.2) is 48.8 Å². The SMILES string of the molecule is CC(C)(C)c1ccc(-c2cn3cc(CN)ccc3n2)cc1. The monoisotopic (exact) mass is 279 g/mol. The molecule has 0 bridgehead atoms. The maximum Gasteiger partial charge on any atom is 0.137 e. The Hall–Kier alpha value is -2.13. The Labute approximate surface area is 125 Å². The highest BCUT2D eigenvalue weighted by Gasteiger charge is 2.13. The van der Waals surface area contributed by atoms with Crippen LogP contribution in [0.25, 0.3) is 16.9 Å². The van der Waals surface area contributed by atoms with Crippen LogP contribution < -0.4 is 5.73 Å². The van der Waals surface area contributed by atoms with E-state index in [1.165, 1.54) is 5.56 Å². The zero-order valence-corrected chi connectivity index (χ0v) is 12.8. The van der Waals surface area contributed by atoms with Gasteiger partial charge in [-0.15, -0.1) is 0 Å². The summed E-state index contributed by atoms with van der Waals surface area (Å²) in [6.07, 6.45) is 4.09. The lowest BCUT2D eigenvalue weighted by molar-refractivity contribution is 0.590. The summed E-state index contributed by atoms with van der Waals surface area (Å²) in [4.78, 5) is 4.67. The minimum Gasteiger partial charge on any atom is -0.326 e. The third-order valence-electron chi connectivity index (χ3n) is 3.79. The average Bonchev–Trinajstić information content (AvgIpc) is 2.89. The van der Waals surface area contributed by atoms with Gasteiger partial charge in [0.25, 0.3) is 0 Å². The maximum atomic E-state index is 5.68. The number of benzene rings is 1. The Bertz CT molecular complexity index is 761. The van der Waals surface area contributed by atoms with Crippen LogP contribution in [-0.4, -0.2) is 9.38 Å². The van der Waals surface area contributed by atoms with Crippen molar-refractivity contribution in [1.82, 2.24) is 9.38 Å². The first kappa shape index (κ1) is 13.8. The lowest BCUT2D eigenvalue weighted by Gasteiger charge is -2.18. The summed E-state index contributed by atoms with van der Waals surface area (Å²) >= 11 is 0. The van der Waals surface area contributed by atoms with Crippen molar-refractivity contribution in [3.8, 4) is 11.3 Å². The Morgan fingerprint density at radius 2 is 1.71 bits per heavy atom. The third kappa shape index (κ3) is 2.69. The Kier molecular flexibility index (Phi) is 3.30. The minimum absolute atomic E-state index is 0.174. The van der Waals surface area contributed by atoms with Gasteiger partial charge in [0.15, 0.2) is 0 Å². The van der Waals surface area contributed by atoms with Gasteiger partial charge in [-0.05, 0) is 22.6 Å². The van der Waals surface area contributed by atoms with Crippen LogP contribution in [0.2, 0.25) is 0 Å². The van der Waals surface area contributed by atoms with E-state index in [1.54, 1.807) is 0 Å². The average molecular weight is 279 g/mol. The number of nitrogens with zero attached hydrogens (tertiary/aromatic N) is 2. The van der Waals surface area contributed by atoms with Crippen molar-refractivity contribution in [2.45, 2.75) is 32.7 Å². The van der Waals surface area contributed by atoms with E-state index in [-0.39, 0.29) is 5.41 Å². The predicted octanol–water partition coefficient (Wildman–Crippen LogP) is 3.76. The highest BCUT2D eigenvalue weighted by molar-refractivity contribution is 5.63. The third-order valence-corrected chi connectivity index (χ3v) is 3.79. The normalized spacial score (nSPS) is 12.0. The Balaban J connectivity index is 2.00. The fourth-order valence-corrected chi connectivity index (χ4v) is 2.44. The quantitative estimate of drug-likeness (QED) is 0.776. The molecule has 0 fully saturated rings. The highest BCUT2D eigenvalue weighted by atomic mass is 15.0. The first-order valence-electron chi connectivity index (χ1n) is 7.26. The van der Waals surface area contributed by atoms with Gasteiger partial charge in [0, 0.05) is 24.5 Å². The van der Waals surface area contributed by atoms with Crippen molar-refractivity contribution in [2.75, 3.05) is 0 Å². The number of nitrogens with two attached hydrogens (primary N) is 1. The van der Waals surface area contributed by atoms with E-state index in [4.69, 9.17) is 5.73 Å². The summed E-state index contributed by atoms with van der Waals surface area (Å²) in [5, 5.41) is 0. The van der Waals surface area contributed by atoms with Crippen molar-refractivity contribution in [1.29, 1.82) is 0 Å². The molecule has 0 aliphatic carbocycles. The fraction of sp³-hybridized carbons (Fsp3) is 0.278. The first-order valence-corrected chi connectivity index (χ1v) is 7.26. The van der Waals surface area contributed by atoms with Crippen LogP contribution in [0.3, 0.4) is 0 Å². The second kappa shape index (κ2) is 5.01. The lowest BCUT2D eigenvalue weighted by Crippen LogP contribution is -2.10. The fourth-order valence-electron chi connectivity index (χ4n) is 2.44. The van der Waals surface area contributed by atoms with Crippen molar-refractivity contribution < 1.29 is 0 Å². The van der Waals surface area contributed by atoms with Crippen LogP contribution in [0.4, 0.5) is 0 Å². The molecule has 0 amide bonds. The molecule has 0 aliphatic heterocycles. The number of pyridine rings is 1. The number of hydrogen-bond donors (Lipinski definition) is 1. The van der Waals surface area contributed by atoms with Crippen LogP contribution in [-0.2, 0) is 12.0 Å². The van der Waals surface area contributed by atoms with E-state index >= 15 is 0 Å². The second-order valence-corrected chi connectivity index (χ2v) is 6.46. The summed E-state index contributed by atoms with van der Waals surface area (Å²) in [7, 11) is 0. The molecule has 0 unspecified atom stereocenters. The van der Waals surface area contributed by atoms with Crippen LogP contribution >= 0.6 is 0 Å². The zero-order valence-electron chi connectivity index (χ0n) is 12.8. The van der Waals surface area contributed by atoms with Gasteiger partial charge >= 0.3 is 0 Å². The molecule has 2 heterocycles. The lowest BCUT2D eigenvalue weighted by atomic mass is 9.86. The molecule has 0 radical (unpaired) electrons. The van der Waals surface area contributed by atoms with E-state index in [0.29, 0.717) is 6.54 Å². The van der Waals surface area contributed by atoms with E-state index in [9.17, 15) is 0 Å². The summed E-state index contributed by atoms with van der Waals surface area (Å²) < 4.78 is 2.04. The van der Waals surface area contributed by atoms with Gasteiger partial charge in [-0.1, -0.05) is 51.1 Å². The number of fused-ring (bicyclic) bond motifs is 1. The van der Waals surface area contributed by atoms with E-state index in [2.05, 4.69) is 56.2 Å². The molecule has 3 nitrogen and oxygen atoms in total. The first-order chi connectivity index (χ1) is 9.97. The molecule has 2 N–H and O–H groups in total. The van der Waals surface area contributed by atoms with Crippen LogP contribution in [0, 0.1) is 0 Å². The molecular formula is C18H21N3. The maximum absolute atomic E-state index is 5.68. The van der Waals surface area contributed by atoms with Gasteiger partial charge in [-0.2, -0.15) is 0 Å². The molecule has 0 atom stereocenters. The molecule has 3 heteroatoms. The van der Waals surface area contributed by atoms with Gasteiger partial charge in [0.1, 0.15) is 5.65 Å². The van der Waals surface area contributed by atoms with Crippen molar-refractivity contribution in [3.63, 3.8) is 0 Å². The molecule has 2 aromatic heterocycles. The molecule has 0 aliphatic rings. The number of rotatable bonds is 2. The van der Waals surface area contributed by atoms with Gasteiger partial charge < -0.3 is 10.1 Å². The standard InChI is InChI=1S/C18H21N3/c1-18(2,3)15-7-5-14(6-8-15)16-12-21-11-13(10-19)4-9-17(21)20-16/h4-9,11-12H,10,19H2,1-3H3. The zero-order chi connectivity index (χ0) is 15.0. The molecule has 3 aromatic rings. The smallest absolute Gasteiger partial charge is 0.137 e. The van der Waals surface area contributed by atoms with Gasteiger partial charge in [-0.3, -0.25) is 0 Å². The van der Waals surface area contributed by atoms with Crippen molar-refractivity contribution in [3.05, 3.63) is 59.9 Å². The molecule has 21 heavy (non-hydrogen) atoms. The Morgan fingerprint density at radius 1 is 1.00 bits per heavy atom. The Morgan fingerprint density at radius 3 is 2.33 bits per heavy atom. The van der Waals surface area contributed by atoms with Crippen molar-refractivity contribution in [2.24, 2.45) is 5.73 Å². The van der Waals surface area contributed by atoms with Crippen LogP contribution in [0.1, 0.15) is 31.9 Å². The minimum atomic E-state index is 0.174. The predicted molar refractivity (Wildman–Crippen MR) is 87.2 cm³/mol. The van der Waals surface area contributed by atoms with Gasteiger partial charge in [0.2, 0.25) is 0 Å². The molecule has 1 aromatic carbocycles. The molecule has 3 rings (SSSR count). The molecule has 0 spiro atoms. The molecule has 0 saturated heterocycles. The highest BCUT2D eigenvalue weighted by Crippen LogP contribution is 2.26. The van der Waals surface area contributed by atoms with E-state index in [0.717, 1.165) is 22.5 Å². The molecule has 0 saturated carbocycles. The van der Waals surface area contributed by atoms with Gasteiger partial charge in [0.05, 0.1) is 5.69 Å². The van der Waals surface area contributed by atoms with E-state index < -0.39 is 0 Å². The summed E-state index contributed by atoms with van der Waals surface area (Å²) in [6, 6.07) is 12.7. The number of hydrogen-bond acceptors (Lipinski definition) is 2. The van der Waals surface area contributed by atoms with Crippen LogP contribution in [0.5, 0.6) is 0 Å². The topological polar surface area (TPSA) is 43.3 Å².